The van der Waals surface area contributed by atoms with Gasteiger partial charge in [-0.25, -0.2) is 9.97 Å². The maximum Gasteiger partial charge on any atom is 0.223 e. The molecule has 1 aliphatic rings. The van der Waals surface area contributed by atoms with Crippen molar-refractivity contribution in [3.05, 3.63) is 78.5 Å². The number of carbonyl (C=O) groups is 2. The number of hydrogen-bond acceptors (Lipinski definition) is 5. The number of Topliss-reactive ketones (excluding diaryl/α,β-unsaturated/α-hetero) is 1. The molecule has 6 heteroatoms. The Bertz CT molecular complexity index is 1000. The summed E-state index contributed by atoms with van der Waals surface area (Å²) in [5.41, 5.74) is 1.64. The molecular formula is C24H24N4O2. The van der Waals surface area contributed by atoms with E-state index in [0.717, 1.165) is 11.4 Å². The fourth-order valence-electron chi connectivity index (χ4n) is 3.58. The molecule has 0 N–H and O–H groups in total. The number of carbonyl (C=O) groups excluding carboxylic acids is 2. The Hall–Kier alpha value is -3.54. The molecule has 1 saturated heterocycles. The Morgan fingerprint density at radius 2 is 1.47 bits per heavy atom. The summed E-state index contributed by atoms with van der Waals surface area (Å²) in [5.74, 6) is 1.62. The first-order valence-electron chi connectivity index (χ1n) is 10.2. The van der Waals surface area contributed by atoms with E-state index >= 15 is 0 Å². The highest BCUT2D eigenvalue weighted by molar-refractivity contribution is 5.97. The van der Waals surface area contributed by atoms with Crippen molar-refractivity contribution in [2.45, 2.75) is 12.8 Å². The average molecular weight is 400 g/mol. The minimum Gasteiger partial charge on any atom is -0.353 e. The molecule has 0 bridgehead atoms. The van der Waals surface area contributed by atoms with Gasteiger partial charge in [0, 0.05) is 56.3 Å². The third-order valence-corrected chi connectivity index (χ3v) is 5.29. The van der Waals surface area contributed by atoms with E-state index in [1.807, 2.05) is 59.5 Å². The molecule has 1 amide bonds. The highest BCUT2D eigenvalue weighted by atomic mass is 16.2. The first-order chi connectivity index (χ1) is 14.7. The largest absolute Gasteiger partial charge is 0.353 e. The predicted octanol–water partition coefficient (Wildman–Crippen LogP) is 3.46. The summed E-state index contributed by atoms with van der Waals surface area (Å²) in [6, 6.07) is 20.9. The highest BCUT2D eigenvalue weighted by Gasteiger charge is 2.22. The van der Waals surface area contributed by atoms with Crippen LogP contribution in [0.5, 0.6) is 0 Å². The third kappa shape index (κ3) is 4.71. The predicted molar refractivity (Wildman–Crippen MR) is 116 cm³/mol. The Labute approximate surface area is 176 Å². The molecule has 2 heterocycles. The van der Waals surface area contributed by atoms with Gasteiger partial charge in [0.05, 0.1) is 0 Å². The number of anilines is 1. The zero-order chi connectivity index (χ0) is 20.8. The van der Waals surface area contributed by atoms with Crippen LogP contribution in [0.1, 0.15) is 23.2 Å². The number of hydrogen-bond donors (Lipinski definition) is 0. The molecule has 0 spiro atoms. The van der Waals surface area contributed by atoms with Gasteiger partial charge in [-0.05, 0) is 6.07 Å². The normalized spacial score (nSPS) is 13.9. The molecule has 6 nitrogen and oxygen atoms in total. The lowest BCUT2D eigenvalue weighted by Gasteiger charge is -2.35. The zero-order valence-electron chi connectivity index (χ0n) is 16.8. The molecule has 3 aromatic rings. The summed E-state index contributed by atoms with van der Waals surface area (Å²) in [6.45, 7) is 2.68. The maximum absolute atomic E-state index is 12.5. The third-order valence-electron chi connectivity index (χ3n) is 5.29. The summed E-state index contributed by atoms with van der Waals surface area (Å²) in [5, 5.41) is 0. The van der Waals surface area contributed by atoms with Crippen LogP contribution >= 0.6 is 0 Å². The SMILES string of the molecule is O=C(CCC(=O)N1CCN(c2ccnc(-c3ccccc3)n2)CC1)c1ccccc1. The minimum absolute atomic E-state index is 0.0111. The number of rotatable bonds is 6. The van der Waals surface area contributed by atoms with Crippen molar-refractivity contribution in [3.63, 3.8) is 0 Å². The van der Waals surface area contributed by atoms with Crippen LogP contribution in [-0.2, 0) is 4.79 Å². The van der Waals surface area contributed by atoms with Gasteiger partial charge >= 0.3 is 0 Å². The van der Waals surface area contributed by atoms with Gasteiger partial charge in [-0.2, -0.15) is 0 Å². The van der Waals surface area contributed by atoms with E-state index in [-0.39, 0.29) is 24.5 Å². The smallest absolute Gasteiger partial charge is 0.223 e. The van der Waals surface area contributed by atoms with Crippen molar-refractivity contribution < 1.29 is 9.59 Å². The van der Waals surface area contributed by atoms with Crippen LogP contribution in [0.2, 0.25) is 0 Å². The number of piperazine rings is 1. The van der Waals surface area contributed by atoms with E-state index in [1.165, 1.54) is 0 Å². The fourth-order valence-corrected chi connectivity index (χ4v) is 3.58. The molecular weight excluding hydrogens is 376 g/mol. The minimum atomic E-state index is 0.0111. The molecule has 1 aromatic heterocycles. The van der Waals surface area contributed by atoms with Crippen LogP contribution < -0.4 is 4.90 Å². The maximum atomic E-state index is 12.5. The molecule has 1 fully saturated rings. The van der Waals surface area contributed by atoms with Crippen LogP contribution in [0.15, 0.2) is 72.9 Å². The van der Waals surface area contributed by atoms with Crippen LogP contribution in [0.4, 0.5) is 5.82 Å². The summed E-state index contributed by atoms with van der Waals surface area (Å²) in [4.78, 5) is 37.9. The van der Waals surface area contributed by atoms with Gasteiger partial charge in [0.2, 0.25) is 5.91 Å². The summed E-state index contributed by atoms with van der Waals surface area (Å²) >= 11 is 0. The Morgan fingerprint density at radius 1 is 0.800 bits per heavy atom. The molecule has 2 aromatic carbocycles. The second-order valence-corrected chi connectivity index (χ2v) is 7.26. The van der Waals surface area contributed by atoms with Crippen molar-refractivity contribution in [2.24, 2.45) is 0 Å². The lowest BCUT2D eigenvalue weighted by molar-refractivity contribution is -0.131. The van der Waals surface area contributed by atoms with E-state index in [9.17, 15) is 9.59 Å². The molecule has 0 aliphatic carbocycles. The molecule has 0 saturated carbocycles. The highest BCUT2D eigenvalue weighted by Crippen LogP contribution is 2.19. The first kappa shape index (κ1) is 19.8. The van der Waals surface area contributed by atoms with Gasteiger partial charge in [0.25, 0.3) is 0 Å². The zero-order valence-corrected chi connectivity index (χ0v) is 16.8. The number of ketones is 1. The van der Waals surface area contributed by atoms with Crippen LogP contribution in [-0.4, -0.2) is 52.7 Å². The van der Waals surface area contributed by atoms with Gasteiger partial charge < -0.3 is 9.80 Å². The Morgan fingerprint density at radius 3 is 2.17 bits per heavy atom. The molecule has 30 heavy (non-hydrogen) atoms. The monoisotopic (exact) mass is 400 g/mol. The average Bonchev–Trinajstić information content (AvgIpc) is 2.83. The second-order valence-electron chi connectivity index (χ2n) is 7.26. The van der Waals surface area contributed by atoms with E-state index in [4.69, 9.17) is 4.98 Å². The fraction of sp³-hybridized carbons (Fsp3) is 0.250. The Balaban J connectivity index is 1.31. The number of aromatic nitrogens is 2. The van der Waals surface area contributed by atoms with Gasteiger partial charge in [0.1, 0.15) is 5.82 Å². The van der Waals surface area contributed by atoms with E-state index in [0.29, 0.717) is 37.6 Å². The van der Waals surface area contributed by atoms with Gasteiger partial charge in [-0.3, -0.25) is 9.59 Å². The summed E-state index contributed by atoms with van der Waals surface area (Å²) < 4.78 is 0. The summed E-state index contributed by atoms with van der Waals surface area (Å²) in [7, 11) is 0. The quantitative estimate of drug-likeness (QED) is 0.593. The van der Waals surface area contributed by atoms with E-state index < -0.39 is 0 Å². The summed E-state index contributed by atoms with van der Waals surface area (Å²) in [6.07, 6.45) is 2.27. The van der Waals surface area contributed by atoms with Gasteiger partial charge in [-0.1, -0.05) is 60.7 Å². The van der Waals surface area contributed by atoms with Gasteiger partial charge in [-0.15, -0.1) is 0 Å². The molecule has 0 radical (unpaired) electrons. The molecule has 4 rings (SSSR count). The van der Waals surface area contributed by atoms with Crippen molar-refractivity contribution in [3.8, 4) is 11.4 Å². The van der Waals surface area contributed by atoms with Crippen molar-refractivity contribution in [1.29, 1.82) is 0 Å². The van der Waals surface area contributed by atoms with Crippen molar-refractivity contribution >= 4 is 17.5 Å². The van der Waals surface area contributed by atoms with E-state index in [1.54, 1.807) is 18.3 Å². The van der Waals surface area contributed by atoms with Crippen LogP contribution in [0.3, 0.4) is 0 Å². The number of benzene rings is 2. The molecule has 152 valence electrons. The van der Waals surface area contributed by atoms with Crippen LogP contribution in [0.25, 0.3) is 11.4 Å². The first-order valence-corrected chi connectivity index (χ1v) is 10.2. The number of amides is 1. The lowest BCUT2D eigenvalue weighted by atomic mass is 10.1. The lowest BCUT2D eigenvalue weighted by Crippen LogP contribution is -2.49. The Kier molecular flexibility index (Phi) is 6.13. The van der Waals surface area contributed by atoms with Gasteiger partial charge in [0.15, 0.2) is 11.6 Å². The standard InChI is InChI=1S/C24H24N4O2/c29-21(19-7-3-1-4-8-19)11-12-23(30)28-17-15-27(16-18-28)22-13-14-25-24(26-22)20-9-5-2-6-10-20/h1-10,13-14H,11-12,15-18H2. The molecule has 1 aliphatic heterocycles. The van der Waals surface area contributed by atoms with Crippen molar-refractivity contribution in [1.82, 2.24) is 14.9 Å². The van der Waals surface area contributed by atoms with E-state index in [2.05, 4.69) is 9.88 Å². The molecule has 0 unspecified atom stereocenters. The molecule has 0 atom stereocenters. The topological polar surface area (TPSA) is 66.4 Å². The second kappa shape index (κ2) is 9.31. The van der Waals surface area contributed by atoms with Crippen LogP contribution in [0, 0.1) is 0 Å². The van der Waals surface area contributed by atoms with Crippen molar-refractivity contribution in [2.75, 3.05) is 31.1 Å². The number of nitrogens with zero attached hydrogens (tertiary/aromatic N) is 4.